The Balaban J connectivity index is 0.000000296. The first-order valence-electron chi connectivity index (χ1n) is 10.4. The molecule has 0 fully saturated rings. The topological polar surface area (TPSA) is 58.2 Å². The zero-order chi connectivity index (χ0) is 21.6. The van der Waals surface area contributed by atoms with Gasteiger partial charge in [0.25, 0.3) is 0 Å². The molecule has 0 spiro atoms. The third-order valence-electron chi connectivity index (χ3n) is 4.47. The van der Waals surface area contributed by atoms with Crippen LogP contribution >= 0.6 is 0 Å². The predicted octanol–water partition coefficient (Wildman–Crippen LogP) is 4.18. The van der Waals surface area contributed by atoms with Crippen LogP contribution in [0.4, 0.5) is 0 Å². The van der Waals surface area contributed by atoms with Crippen LogP contribution in [0.2, 0.25) is 0 Å². The van der Waals surface area contributed by atoms with Crippen molar-refractivity contribution in [1.29, 1.82) is 0 Å². The number of Topliss-reactive ketones (excluding diaryl/α,β-unsaturated/α-hetero) is 1. The van der Waals surface area contributed by atoms with E-state index in [1.54, 1.807) is 0 Å². The van der Waals surface area contributed by atoms with Crippen LogP contribution in [0.3, 0.4) is 0 Å². The molecule has 2 atom stereocenters. The second-order valence-electron chi connectivity index (χ2n) is 8.00. The highest BCUT2D eigenvalue weighted by Gasteiger charge is 2.20. The fourth-order valence-electron chi connectivity index (χ4n) is 3.17. The summed E-state index contributed by atoms with van der Waals surface area (Å²) in [7, 11) is 0. The van der Waals surface area contributed by atoms with Crippen LogP contribution in [0.1, 0.15) is 45.7 Å². The summed E-state index contributed by atoms with van der Waals surface area (Å²) < 4.78 is 0. The van der Waals surface area contributed by atoms with E-state index in [1.165, 1.54) is 5.56 Å². The van der Waals surface area contributed by atoms with Crippen LogP contribution in [-0.2, 0) is 22.4 Å². The SMILES string of the molecule is CC(C)C(=O)C(Cc1ccccc1)NC=O.CC(C)NC(C)Cc1ccccc1. The number of benzene rings is 2. The van der Waals surface area contributed by atoms with Gasteiger partial charge in [-0.15, -0.1) is 0 Å². The van der Waals surface area contributed by atoms with Gasteiger partial charge in [0.05, 0.1) is 6.04 Å². The van der Waals surface area contributed by atoms with Crippen molar-refractivity contribution in [3.8, 4) is 0 Å². The van der Waals surface area contributed by atoms with Crippen molar-refractivity contribution in [3.63, 3.8) is 0 Å². The summed E-state index contributed by atoms with van der Waals surface area (Å²) in [6.45, 7) is 10.3. The van der Waals surface area contributed by atoms with Gasteiger partial charge in [-0.25, -0.2) is 0 Å². The lowest BCUT2D eigenvalue weighted by atomic mass is 9.96. The van der Waals surface area contributed by atoms with Crippen molar-refractivity contribution in [3.05, 3.63) is 71.8 Å². The number of rotatable bonds is 10. The van der Waals surface area contributed by atoms with Gasteiger partial charge < -0.3 is 10.6 Å². The molecule has 2 N–H and O–H groups in total. The number of ketones is 1. The predicted molar refractivity (Wildman–Crippen MR) is 121 cm³/mol. The Labute approximate surface area is 176 Å². The maximum atomic E-state index is 11.8. The van der Waals surface area contributed by atoms with Gasteiger partial charge in [-0.3, -0.25) is 9.59 Å². The Morgan fingerprint density at radius 1 is 0.828 bits per heavy atom. The zero-order valence-electron chi connectivity index (χ0n) is 18.4. The van der Waals surface area contributed by atoms with Crippen LogP contribution in [0.15, 0.2) is 60.7 Å². The molecule has 0 aliphatic rings. The lowest BCUT2D eigenvalue weighted by Gasteiger charge is -2.17. The van der Waals surface area contributed by atoms with E-state index < -0.39 is 6.04 Å². The molecule has 2 rings (SSSR count). The van der Waals surface area contributed by atoms with Crippen LogP contribution in [0.5, 0.6) is 0 Å². The van der Waals surface area contributed by atoms with Crippen molar-refractivity contribution < 1.29 is 9.59 Å². The number of nitrogens with one attached hydrogen (secondary N) is 2. The summed E-state index contributed by atoms with van der Waals surface area (Å²) in [6.07, 6.45) is 2.25. The molecule has 0 heterocycles. The molecule has 0 saturated heterocycles. The van der Waals surface area contributed by atoms with E-state index in [4.69, 9.17) is 0 Å². The second kappa shape index (κ2) is 13.7. The Kier molecular flexibility index (Phi) is 11.6. The Bertz CT molecular complexity index is 699. The zero-order valence-corrected chi connectivity index (χ0v) is 18.4. The molecule has 1 amide bonds. The number of hydrogen-bond acceptors (Lipinski definition) is 3. The van der Waals surface area contributed by atoms with E-state index in [0.29, 0.717) is 24.9 Å². The maximum Gasteiger partial charge on any atom is 0.207 e. The molecule has 2 aromatic rings. The summed E-state index contributed by atoms with van der Waals surface area (Å²) in [6, 6.07) is 21.0. The monoisotopic (exact) mass is 396 g/mol. The van der Waals surface area contributed by atoms with Crippen LogP contribution < -0.4 is 10.6 Å². The van der Waals surface area contributed by atoms with Gasteiger partial charge in [-0.2, -0.15) is 0 Å². The molecule has 4 nitrogen and oxygen atoms in total. The molecule has 4 heteroatoms. The summed E-state index contributed by atoms with van der Waals surface area (Å²) in [5, 5.41) is 6.07. The number of hydrogen-bond donors (Lipinski definition) is 2. The number of amides is 1. The van der Waals surface area contributed by atoms with Crippen LogP contribution in [0.25, 0.3) is 0 Å². The van der Waals surface area contributed by atoms with Gasteiger partial charge in [0.2, 0.25) is 6.41 Å². The van der Waals surface area contributed by atoms with Crippen molar-refractivity contribution in [2.24, 2.45) is 5.92 Å². The number of carbonyl (C=O) groups excluding carboxylic acids is 2. The molecule has 29 heavy (non-hydrogen) atoms. The van der Waals surface area contributed by atoms with E-state index in [0.717, 1.165) is 12.0 Å². The molecule has 0 aromatic heterocycles. The normalized spacial score (nSPS) is 12.7. The highest BCUT2D eigenvalue weighted by molar-refractivity contribution is 5.87. The first-order chi connectivity index (χ1) is 13.8. The minimum Gasteiger partial charge on any atom is -0.349 e. The minimum atomic E-state index is -0.417. The highest BCUT2D eigenvalue weighted by Crippen LogP contribution is 2.07. The number of carbonyl (C=O) groups is 2. The van der Waals surface area contributed by atoms with E-state index in [9.17, 15) is 9.59 Å². The fraction of sp³-hybridized carbons (Fsp3) is 0.440. The van der Waals surface area contributed by atoms with Crippen LogP contribution in [0, 0.1) is 5.92 Å². The maximum absolute atomic E-state index is 11.8. The molecule has 2 unspecified atom stereocenters. The fourth-order valence-corrected chi connectivity index (χ4v) is 3.17. The summed E-state index contributed by atoms with van der Waals surface area (Å²) in [5.74, 6) is -0.00267. The smallest absolute Gasteiger partial charge is 0.207 e. The molecular formula is C25H36N2O2. The van der Waals surface area contributed by atoms with E-state index in [1.807, 2.05) is 44.2 Å². The van der Waals surface area contributed by atoms with Gasteiger partial charge in [-0.05, 0) is 30.9 Å². The highest BCUT2D eigenvalue weighted by atomic mass is 16.1. The quantitative estimate of drug-likeness (QED) is 0.592. The van der Waals surface area contributed by atoms with E-state index in [-0.39, 0.29) is 11.7 Å². The molecule has 0 saturated carbocycles. The third-order valence-corrected chi connectivity index (χ3v) is 4.47. The summed E-state index contributed by atoms with van der Waals surface area (Å²) >= 11 is 0. The van der Waals surface area contributed by atoms with Gasteiger partial charge in [0.1, 0.15) is 0 Å². The van der Waals surface area contributed by atoms with Gasteiger partial charge >= 0.3 is 0 Å². The first kappa shape index (κ1) is 24.6. The molecule has 0 radical (unpaired) electrons. The first-order valence-corrected chi connectivity index (χ1v) is 10.4. The minimum absolute atomic E-state index is 0.0657. The van der Waals surface area contributed by atoms with E-state index in [2.05, 4.69) is 61.7 Å². The summed E-state index contributed by atoms with van der Waals surface area (Å²) in [4.78, 5) is 22.3. The average molecular weight is 397 g/mol. The van der Waals surface area contributed by atoms with Crippen molar-refractivity contribution >= 4 is 12.2 Å². The molecule has 0 bridgehead atoms. The van der Waals surface area contributed by atoms with Crippen LogP contribution in [-0.4, -0.2) is 30.3 Å². The third kappa shape index (κ3) is 10.6. The van der Waals surface area contributed by atoms with Gasteiger partial charge in [0, 0.05) is 18.0 Å². The molecule has 0 aliphatic heterocycles. The standard InChI is InChI=1S/C13H17NO2.C12H19N/c1-10(2)13(16)12(14-9-15)8-11-6-4-3-5-7-11;1-10(2)13-11(3)9-12-7-5-4-6-8-12/h3-7,9-10,12H,8H2,1-2H3,(H,14,15);4-8,10-11,13H,9H2,1-3H3. The second-order valence-corrected chi connectivity index (χ2v) is 8.00. The molecule has 2 aromatic carbocycles. The molecular weight excluding hydrogens is 360 g/mol. The lowest BCUT2D eigenvalue weighted by Crippen LogP contribution is -2.40. The Morgan fingerprint density at radius 3 is 1.72 bits per heavy atom. The summed E-state index contributed by atoms with van der Waals surface area (Å²) in [5.41, 5.74) is 2.46. The Hall–Kier alpha value is -2.46. The van der Waals surface area contributed by atoms with Crippen molar-refractivity contribution in [1.82, 2.24) is 10.6 Å². The lowest BCUT2D eigenvalue weighted by molar-refractivity contribution is -0.126. The van der Waals surface area contributed by atoms with Gasteiger partial charge in [-0.1, -0.05) is 88.4 Å². The Morgan fingerprint density at radius 2 is 1.31 bits per heavy atom. The van der Waals surface area contributed by atoms with Crippen molar-refractivity contribution in [2.45, 2.75) is 65.6 Å². The largest absolute Gasteiger partial charge is 0.349 e. The average Bonchev–Trinajstić information content (AvgIpc) is 2.68. The van der Waals surface area contributed by atoms with Crippen molar-refractivity contribution in [2.75, 3.05) is 0 Å². The van der Waals surface area contributed by atoms with Gasteiger partial charge in [0.15, 0.2) is 5.78 Å². The molecule has 158 valence electrons. The van der Waals surface area contributed by atoms with E-state index >= 15 is 0 Å². The molecule has 0 aliphatic carbocycles.